The molecule has 0 radical (unpaired) electrons. The fourth-order valence-electron chi connectivity index (χ4n) is 0. The Morgan fingerprint density at radius 3 is 1.00 bits per heavy atom. The summed E-state index contributed by atoms with van der Waals surface area (Å²) in [5, 5.41) is 0. The van der Waals surface area contributed by atoms with Crippen LogP contribution in [0.2, 0.25) is 0 Å². The van der Waals surface area contributed by atoms with Crippen molar-refractivity contribution < 1.29 is 44.0 Å². The maximum atomic E-state index is 0. The summed E-state index contributed by atoms with van der Waals surface area (Å²) < 4.78 is 0. The maximum absolute atomic E-state index is 0. The van der Waals surface area contributed by atoms with Crippen LogP contribution in [0.25, 0.3) is 0 Å². The predicted molar refractivity (Wildman–Crippen MR) is 37.8 cm³/mol. The van der Waals surface area contributed by atoms with Crippen LogP contribution < -0.4 is 0 Å². The molecule has 0 aromatic heterocycles. The van der Waals surface area contributed by atoms with E-state index in [0.717, 1.165) is 0 Å². The summed E-state index contributed by atoms with van der Waals surface area (Å²) in [6.07, 6.45) is 0. The van der Waals surface area contributed by atoms with Gasteiger partial charge in [0.05, 0.1) is 0 Å². The molecule has 0 fully saturated rings. The third-order valence-electron chi connectivity index (χ3n) is 0. The van der Waals surface area contributed by atoms with Crippen LogP contribution >= 0.6 is 0 Å². The molecule has 0 atom stereocenters. The molecule has 6 heteroatoms. The van der Waals surface area contributed by atoms with E-state index >= 15 is 0 Å². The molecule has 0 saturated heterocycles. The molecule has 0 aromatic rings. The van der Waals surface area contributed by atoms with Gasteiger partial charge in [-0.2, -0.15) is 0 Å². The summed E-state index contributed by atoms with van der Waals surface area (Å²) in [7, 11) is 0. The smallest absolute Gasteiger partial charge is 0 e. The molecule has 0 spiro atoms. The molecule has 0 amide bonds. The minimum atomic E-state index is 0. The molecule has 0 aliphatic rings. The molecule has 6 heavy (non-hydrogen) atoms. The first-order chi connectivity index (χ1) is 0. The normalized spacial score (nSPS) is 0. The van der Waals surface area contributed by atoms with Gasteiger partial charge < -0.3 is 2.85 Å². The van der Waals surface area contributed by atoms with E-state index in [9.17, 15) is 0 Å². The molecular weight excluding hydrogens is 306 g/mol. The van der Waals surface area contributed by atoms with E-state index in [2.05, 4.69) is 0 Å². The molecule has 0 bridgehead atoms. The fraction of sp³-hybridized carbons (Fsp3) is 0. The topological polar surface area (TPSA) is 0 Å². The van der Waals surface area contributed by atoms with E-state index < -0.39 is 0 Å². The molecule has 0 nitrogen and oxygen atoms in total. The zero-order valence-corrected chi connectivity index (χ0v) is 7.86. The largest absolute Gasteiger partial charge is 2.00 e. The van der Waals surface area contributed by atoms with Gasteiger partial charge in [0, 0.05) is 41.2 Å². The van der Waals surface area contributed by atoms with Crippen molar-refractivity contribution in [1.82, 2.24) is 0 Å². The van der Waals surface area contributed by atoms with Gasteiger partial charge in [-0.25, -0.2) is 0 Å². The second-order valence-corrected chi connectivity index (χ2v) is 0. The number of rotatable bonds is 0. The average molecular weight is 317 g/mol. The van der Waals surface area contributed by atoms with Crippen molar-refractivity contribution in [2.75, 3.05) is 0 Å². The Balaban J connectivity index is 0. The Labute approximate surface area is 125 Å². The summed E-state index contributed by atoms with van der Waals surface area (Å²) >= 11 is 0. The monoisotopic (exact) mass is 316 g/mol. The van der Waals surface area contributed by atoms with E-state index in [0.29, 0.717) is 0 Å². The summed E-state index contributed by atoms with van der Waals surface area (Å²) in [6.45, 7) is 0. The number of hydrogen-bond acceptors (Lipinski definition) is 0. The van der Waals surface area contributed by atoms with Gasteiger partial charge in [-0.1, -0.05) is 0 Å². The Morgan fingerprint density at radius 2 is 1.00 bits per heavy atom. The molecule has 0 aliphatic carbocycles. The second-order valence-electron chi connectivity index (χ2n) is 0. The van der Waals surface area contributed by atoms with Gasteiger partial charge in [-0.05, 0) is 0 Å². The first-order valence-electron chi connectivity index (χ1n) is 0. The summed E-state index contributed by atoms with van der Waals surface area (Å²) in [6, 6.07) is 0. The van der Waals surface area contributed by atoms with E-state index in [-0.39, 0.29) is 128 Å². The van der Waals surface area contributed by atoms with Crippen molar-refractivity contribution in [3.63, 3.8) is 0 Å². The molecule has 0 rings (SSSR count). The molecule has 0 heterocycles. The van der Waals surface area contributed by atoms with Crippen molar-refractivity contribution in [3.8, 4) is 0 Å². The quantitative estimate of drug-likeness (QED) is 0.403. The summed E-state index contributed by atoms with van der Waals surface area (Å²) in [5.41, 5.74) is 0. The minimum Gasteiger partial charge on any atom is 0 e. The van der Waals surface area contributed by atoms with Gasteiger partial charge in [0.25, 0.3) is 0 Å². The zero-order chi connectivity index (χ0) is 0. The molecule has 28 valence electrons. The SMILES string of the molecule is [AlH3].[AlH3].[H-].[H-].[InH3].[Mg+2].[Ti].[Zn]. The fourth-order valence-corrected chi connectivity index (χ4v) is 0. The first kappa shape index (κ1) is 50.3. The van der Waals surface area contributed by atoms with Crippen LogP contribution in [0.3, 0.4) is 0 Å². The average Bonchev–Trinajstić information content (AvgIpc) is 0. The Bertz CT molecular complexity index is 20.0. The van der Waals surface area contributed by atoms with Crippen LogP contribution in [0, 0.1) is 0 Å². The summed E-state index contributed by atoms with van der Waals surface area (Å²) in [4.78, 5) is 0. The molecule has 0 N–H and O–H groups in total. The Morgan fingerprint density at radius 1 is 1.00 bits per heavy atom. The maximum Gasteiger partial charge on any atom is 2.00 e. The van der Waals surface area contributed by atoms with Crippen LogP contribution in [0.4, 0.5) is 0 Å². The van der Waals surface area contributed by atoms with Crippen molar-refractivity contribution >= 4 is 83.6 Å². The van der Waals surface area contributed by atoms with E-state index in [1.165, 1.54) is 0 Å². The van der Waals surface area contributed by atoms with Crippen molar-refractivity contribution in [2.24, 2.45) is 0 Å². The summed E-state index contributed by atoms with van der Waals surface area (Å²) in [5.74, 6) is 0. The first-order valence-corrected chi connectivity index (χ1v) is 0. The predicted octanol–water partition coefficient (Wildman–Crippen LogP) is -3.71. The minimum absolute atomic E-state index is 0. The van der Waals surface area contributed by atoms with Crippen LogP contribution in [-0.4, -0.2) is 83.6 Å². The molecule has 0 aliphatic heterocycles. The van der Waals surface area contributed by atoms with Crippen molar-refractivity contribution in [2.45, 2.75) is 0 Å². The van der Waals surface area contributed by atoms with Gasteiger partial charge in [0.1, 0.15) is 0 Å². The van der Waals surface area contributed by atoms with E-state index in [1.807, 2.05) is 0 Å². The zero-order valence-electron chi connectivity index (χ0n) is 3.91. The van der Waals surface area contributed by atoms with Crippen LogP contribution in [0.5, 0.6) is 0 Å². The van der Waals surface area contributed by atoms with Crippen LogP contribution in [-0.2, 0) is 41.2 Å². The molecule has 0 saturated carbocycles. The third kappa shape index (κ3) is 24.4. The number of hydrogen-bond donors (Lipinski definition) is 0. The third-order valence-corrected chi connectivity index (χ3v) is 0. The van der Waals surface area contributed by atoms with Gasteiger partial charge in [-0.3, -0.25) is 0 Å². The van der Waals surface area contributed by atoms with Crippen LogP contribution in [0.15, 0.2) is 0 Å². The Kier molecular flexibility index (Phi) is 300. The van der Waals surface area contributed by atoms with Gasteiger partial charge in [0.2, 0.25) is 0 Å². The van der Waals surface area contributed by atoms with E-state index in [1.54, 1.807) is 0 Å². The molecular formula is H11Al2InMgTiZn. The molecule has 0 unspecified atom stereocenters. The van der Waals surface area contributed by atoms with Crippen molar-refractivity contribution in [1.29, 1.82) is 0 Å². The van der Waals surface area contributed by atoms with Gasteiger partial charge in [-0.15, -0.1) is 0 Å². The van der Waals surface area contributed by atoms with Gasteiger partial charge >= 0.3 is 48.9 Å². The van der Waals surface area contributed by atoms with Crippen molar-refractivity contribution in [3.05, 3.63) is 0 Å². The van der Waals surface area contributed by atoms with Gasteiger partial charge in [0.15, 0.2) is 34.7 Å². The van der Waals surface area contributed by atoms with Crippen LogP contribution in [0.1, 0.15) is 2.85 Å². The van der Waals surface area contributed by atoms with E-state index in [4.69, 9.17) is 0 Å². The second kappa shape index (κ2) is 35.8. The molecule has 0 aromatic carbocycles. The standard InChI is InChI=1S/2Al.In.Mg.Ti.Zn.11H/q;;;+2;;;;;;;;;;;;2*-1. The Hall–Kier alpha value is 4.04.